The Morgan fingerprint density at radius 3 is 2.91 bits per heavy atom. The highest BCUT2D eigenvalue weighted by atomic mass is 32.2. The van der Waals surface area contributed by atoms with Crippen molar-refractivity contribution >= 4 is 35.2 Å². The lowest BCUT2D eigenvalue weighted by Crippen LogP contribution is -2.30. The largest absolute Gasteiger partial charge is 0.481 e. The number of carbonyl (C=O) groups is 3. The number of carboxylic acids is 1. The molecule has 7 heteroatoms. The summed E-state index contributed by atoms with van der Waals surface area (Å²) in [6.07, 6.45) is 0.938. The Balaban J connectivity index is 1.79. The van der Waals surface area contributed by atoms with Crippen LogP contribution in [0, 0.1) is 5.92 Å². The molecule has 2 amide bonds. The molecule has 1 aromatic carbocycles. The number of nitrogens with zero attached hydrogens (tertiary/aromatic N) is 1. The number of benzene rings is 1. The molecule has 0 spiro atoms. The lowest BCUT2D eigenvalue weighted by molar-refractivity contribution is -0.141. The minimum atomic E-state index is -0.860. The average molecular weight is 320 g/mol. The van der Waals surface area contributed by atoms with E-state index in [1.165, 1.54) is 0 Å². The van der Waals surface area contributed by atoms with Gasteiger partial charge in [-0.3, -0.25) is 14.4 Å². The fourth-order valence-corrected chi connectivity index (χ4v) is 3.62. The van der Waals surface area contributed by atoms with Crippen LogP contribution in [0.1, 0.15) is 23.2 Å². The second-order valence-electron chi connectivity index (χ2n) is 5.43. The van der Waals surface area contributed by atoms with Crippen LogP contribution in [0.15, 0.2) is 23.1 Å². The number of hydrogen-bond donors (Lipinski definition) is 2. The number of carboxylic acid groups (broad SMARTS) is 1. The number of likely N-dealkylation sites (tertiary alicyclic amines) is 1. The summed E-state index contributed by atoms with van der Waals surface area (Å²) in [6.45, 7) is 0.695. The molecular formula is C15H16N2O4S. The number of hydrogen-bond acceptors (Lipinski definition) is 4. The Hall–Kier alpha value is -2.02. The van der Waals surface area contributed by atoms with Gasteiger partial charge in [0.05, 0.1) is 11.6 Å². The molecule has 2 aliphatic rings. The number of rotatable bonds is 2. The van der Waals surface area contributed by atoms with Gasteiger partial charge in [0.15, 0.2) is 0 Å². The zero-order valence-electron chi connectivity index (χ0n) is 11.9. The first-order valence-corrected chi connectivity index (χ1v) is 8.12. The van der Waals surface area contributed by atoms with Gasteiger partial charge in [-0.2, -0.15) is 0 Å². The van der Waals surface area contributed by atoms with Gasteiger partial charge in [0.25, 0.3) is 5.91 Å². The summed E-state index contributed by atoms with van der Waals surface area (Å²) in [4.78, 5) is 37.6. The molecule has 2 heterocycles. The Morgan fingerprint density at radius 2 is 2.18 bits per heavy atom. The summed E-state index contributed by atoms with van der Waals surface area (Å²) in [7, 11) is 0. The van der Waals surface area contributed by atoms with E-state index in [-0.39, 0.29) is 18.4 Å². The van der Waals surface area contributed by atoms with Gasteiger partial charge in [0, 0.05) is 35.7 Å². The van der Waals surface area contributed by atoms with Crippen LogP contribution in [-0.2, 0) is 9.59 Å². The molecule has 0 saturated carbocycles. The molecule has 2 N–H and O–H groups in total. The van der Waals surface area contributed by atoms with Crippen LogP contribution in [-0.4, -0.2) is 46.6 Å². The van der Waals surface area contributed by atoms with E-state index in [9.17, 15) is 14.4 Å². The van der Waals surface area contributed by atoms with Crippen LogP contribution in [0.4, 0.5) is 5.69 Å². The highest BCUT2D eigenvalue weighted by molar-refractivity contribution is 7.99. The highest BCUT2D eigenvalue weighted by Gasteiger charge is 2.31. The zero-order chi connectivity index (χ0) is 15.7. The number of fused-ring (bicyclic) bond motifs is 1. The van der Waals surface area contributed by atoms with E-state index in [4.69, 9.17) is 5.11 Å². The summed E-state index contributed by atoms with van der Waals surface area (Å²) in [5.74, 6) is -0.864. The molecule has 116 valence electrons. The van der Waals surface area contributed by atoms with Gasteiger partial charge in [-0.05, 0) is 24.6 Å². The molecule has 6 nitrogen and oxygen atoms in total. The number of thioether (sulfide) groups is 1. The van der Waals surface area contributed by atoms with E-state index < -0.39 is 11.9 Å². The average Bonchev–Trinajstić information content (AvgIpc) is 2.90. The van der Waals surface area contributed by atoms with Crippen molar-refractivity contribution in [3.63, 3.8) is 0 Å². The Bertz CT molecular complexity index is 646. The van der Waals surface area contributed by atoms with E-state index in [2.05, 4.69) is 5.32 Å². The van der Waals surface area contributed by atoms with Gasteiger partial charge in [0.2, 0.25) is 5.91 Å². The van der Waals surface area contributed by atoms with Crippen molar-refractivity contribution < 1.29 is 19.5 Å². The van der Waals surface area contributed by atoms with Crippen molar-refractivity contribution in [3.8, 4) is 0 Å². The molecule has 0 unspecified atom stereocenters. The predicted octanol–water partition coefficient (Wildman–Crippen LogP) is 1.67. The molecule has 0 aliphatic carbocycles. The maximum absolute atomic E-state index is 12.5. The van der Waals surface area contributed by atoms with Crippen molar-refractivity contribution in [1.29, 1.82) is 0 Å². The van der Waals surface area contributed by atoms with Gasteiger partial charge in [-0.15, -0.1) is 11.8 Å². The number of aliphatic carboxylic acids is 1. The summed E-state index contributed by atoms with van der Waals surface area (Å²) in [5, 5.41) is 11.8. The second-order valence-corrected chi connectivity index (χ2v) is 6.57. The first-order chi connectivity index (χ1) is 10.5. The normalized spacial score (nSPS) is 21.0. The van der Waals surface area contributed by atoms with Gasteiger partial charge < -0.3 is 15.3 Å². The summed E-state index contributed by atoms with van der Waals surface area (Å²) in [6, 6.07) is 5.26. The number of carbonyl (C=O) groups excluding carboxylic acids is 2. The summed E-state index contributed by atoms with van der Waals surface area (Å²) < 4.78 is 0. The maximum Gasteiger partial charge on any atom is 0.308 e. The fraction of sp³-hybridized carbons (Fsp3) is 0.400. The van der Waals surface area contributed by atoms with E-state index in [0.29, 0.717) is 30.6 Å². The molecule has 0 radical (unpaired) electrons. The van der Waals surface area contributed by atoms with Gasteiger partial charge in [-0.25, -0.2) is 0 Å². The van der Waals surface area contributed by atoms with Crippen LogP contribution in [0.25, 0.3) is 0 Å². The molecule has 0 aromatic heterocycles. The third kappa shape index (κ3) is 2.94. The van der Waals surface area contributed by atoms with Gasteiger partial charge in [-0.1, -0.05) is 0 Å². The topological polar surface area (TPSA) is 86.7 Å². The lowest BCUT2D eigenvalue weighted by atomic mass is 10.1. The third-order valence-electron chi connectivity index (χ3n) is 3.91. The molecule has 1 saturated heterocycles. The molecular weight excluding hydrogens is 304 g/mol. The Kier molecular flexibility index (Phi) is 4.06. The first-order valence-electron chi connectivity index (χ1n) is 7.13. The van der Waals surface area contributed by atoms with Crippen molar-refractivity contribution in [2.45, 2.75) is 17.7 Å². The minimum absolute atomic E-state index is 0.0528. The van der Waals surface area contributed by atoms with Crippen molar-refractivity contribution in [2.75, 3.05) is 24.2 Å². The fourth-order valence-electron chi connectivity index (χ4n) is 2.68. The smallest absolute Gasteiger partial charge is 0.308 e. The molecule has 1 fully saturated rings. The van der Waals surface area contributed by atoms with Crippen molar-refractivity contribution in [3.05, 3.63) is 23.8 Å². The maximum atomic E-state index is 12.5. The molecule has 2 aliphatic heterocycles. The Morgan fingerprint density at radius 1 is 1.36 bits per heavy atom. The monoisotopic (exact) mass is 320 g/mol. The molecule has 1 aromatic rings. The van der Waals surface area contributed by atoms with Crippen LogP contribution in [0.3, 0.4) is 0 Å². The summed E-state index contributed by atoms with van der Waals surface area (Å²) >= 11 is 1.58. The van der Waals surface area contributed by atoms with E-state index in [1.54, 1.807) is 28.8 Å². The van der Waals surface area contributed by atoms with Crippen molar-refractivity contribution in [1.82, 2.24) is 4.90 Å². The SMILES string of the molecule is O=C1CCSc2ccc(C(=O)N3CC[C@@H](C(=O)O)C3)cc2N1. The van der Waals surface area contributed by atoms with Gasteiger partial charge in [0.1, 0.15) is 0 Å². The predicted molar refractivity (Wildman–Crippen MR) is 82.1 cm³/mol. The third-order valence-corrected chi connectivity index (χ3v) is 4.99. The standard InChI is InChI=1S/C15H16N2O4S/c18-13-4-6-22-12-2-1-9(7-11(12)16-13)14(19)17-5-3-10(8-17)15(20)21/h1-2,7,10H,3-6,8H2,(H,16,18)(H,20,21)/t10-/m1/s1. The number of amides is 2. The minimum Gasteiger partial charge on any atom is -0.481 e. The van der Waals surface area contributed by atoms with E-state index in [1.807, 2.05) is 6.07 Å². The van der Waals surface area contributed by atoms with Crippen LogP contribution in [0.2, 0.25) is 0 Å². The van der Waals surface area contributed by atoms with Crippen LogP contribution >= 0.6 is 11.8 Å². The van der Waals surface area contributed by atoms with E-state index in [0.717, 1.165) is 10.6 Å². The quantitative estimate of drug-likeness (QED) is 0.865. The zero-order valence-corrected chi connectivity index (χ0v) is 12.7. The number of anilines is 1. The molecule has 3 rings (SSSR count). The first kappa shape index (κ1) is 14.9. The molecule has 0 bridgehead atoms. The van der Waals surface area contributed by atoms with Crippen LogP contribution in [0.5, 0.6) is 0 Å². The lowest BCUT2D eigenvalue weighted by Gasteiger charge is -2.17. The van der Waals surface area contributed by atoms with Crippen molar-refractivity contribution in [2.24, 2.45) is 5.92 Å². The summed E-state index contributed by atoms with van der Waals surface area (Å²) in [5.41, 5.74) is 1.14. The Labute approximate surface area is 131 Å². The van der Waals surface area contributed by atoms with E-state index >= 15 is 0 Å². The molecule has 22 heavy (non-hydrogen) atoms. The highest BCUT2D eigenvalue weighted by Crippen LogP contribution is 2.32. The second kappa shape index (κ2) is 6.00. The van der Waals surface area contributed by atoms with Crippen LogP contribution < -0.4 is 5.32 Å². The number of nitrogens with one attached hydrogen (secondary N) is 1. The molecule has 1 atom stereocenters. The van der Waals surface area contributed by atoms with Gasteiger partial charge >= 0.3 is 5.97 Å².